The Morgan fingerprint density at radius 1 is 1.36 bits per heavy atom. The number of hydrogen-bond donors (Lipinski definition) is 1. The van der Waals surface area contributed by atoms with E-state index >= 15 is 0 Å². The summed E-state index contributed by atoms with van der Waals surface area (Å²) in [6, 6.07) is 2.02. The van der Waals surface area contributed by atoms with E-state index in [0.717, 1.165) is 9.35 Å². The summed E-state index contributed by atoms with van der Waals surface area (Å²) in [5.74, 6) is 0.485. The molecule has 2 rings (SSSR count). The summed E-state index contributed by atoms with van der Waals surface area (Å²) in [4.78, 5) is 1.11. The molecular formula is C11H15BrOS. The molecule has 0 aliphatic heterocycles. The number of aliphatic hydroxyl groups is 1. The predicted molar refractivity (Wildman–Crippen MR) is 63.6 cm³/mol. The second kappa shape index (κ2) is 4.77. The number of aliphatic hydroxyl groups excluding tert-OH is 1. The van der Waals surface area contributed by atoms with Crippen molar-refractivity contribution in [2.24, 2.45) is 5.92 Å². The van der Waals surface area contributed by atoms with Gasteiger partial charge >= 0.3 is 0 Å². The van der Waals surface area contributed by atoms with Crippen molar-refractivity contribution in [1.82, 2.24) is 0 Å². The molecule has 0 spiro atoms. The molecule has 0 radical (unpaired) electrons. The van der Waals surface area contributed by atoms with E-state index < -0.39 is 0 Å². The molecule has 1 N–H and O–H groups in total. The Morgan fingerprint density at radius 2 is 2.07 bits per heavy atom. The molecule has 1 nitrogen and oxygen atoms in total. The maximum absolute atomic E-state index is 10.2. The van der Waals surface area contributed by atoms with Crippen LogP contribution in [0.4, 0.5) is 0 Å². The van der Waals surface area contributed by atoms with Gasteiger partial charge in [-0.3, -0.25) is 0 Å². The highest BCUT2D eigenvalue weighted by atomic mass is 79.9. The van der Waals surface area contributed by atoms with Gasteiger partial charge in [-0.05, 0) is 46.1 Å². The average molecular weight is 275 g/mol. The molecule has 1 unspecified atom stereocenters. The van der Waals surface area contributed by atoms with Crippen molar-refractivity contribution in [3.05, 3.63) is 20.8 Å². The molecule has 78 valence electrons. The molecule has 1 aromatic rings. The summed E-state index contributed by atoms with van der Waals surface area (Å²) in [6.07, 6.45) is 6.03. The number of hydrogen-bond acceptors (Lipinski definition) is 2. The Kier molecular flexibility index (Phi) is 3.63. The first-order chi connectivity index (χ1) is 6.79. The topological polar surface area (TPSA) is 20.2 Å². The molecular weight excluding hydrogens is 260 g/mol. The molecule has 1 atom stereocenters. The van der Waals surface area contributed by atoms with Crippen LogP contribution in [0, 0.1) is 5.92 Å². The van der Waals surface area contributed by atoms with Gasteiger partial charge in [-0.1, -0.05) is 19.3 Å². The van der Waals surface area contributed by atoms with Crippen LogP contribution in [-0.4, -0.2) is 5.11 Å². The van der Waals surface area contributed by atoms with Crippen LogP contribution in [0.3, 0.4) is 0 Å². The summed E-state index contributed by atoms with van der Waals surface area (Å²) in [5, 5.41) is 12.2. The highest BCUT2D eigenvalue weighted by Gasteiger charge is 2.25. The van der Waals surface area contributed by atoms with E-state index in [1.165, 1.54) is 32.1 Å². The normalized spacial score (nSPS) is 21.0. The maximum Gasteiger partial charge on any atom is 0.0921 e. The van der Waals surface area contributed by atoms with E-state index in [-0.39, 0.29) is 6.10 Å². The Hall–Kier alpha value is 0.140. The van der Waals surface area contributed by atoms with Crippen LogP contribution >= 0.6 is 27.3 Å². The highest BCUT2D eigenvalue weighted by molar-refractivity contribution is 9.10. The van der Waals surface area contributed by atoms with E-state index in [4.69, 9.17) is 0 Å². The van der Waals surface area contributed by atoms with Crippen LogP contribution in [-0.2, 0) is 0 Å². The third-order valence-corrected chi connectivity index (χ3v) is 4.95. The summed E-state index contributed by atoms with van der Waals surface area (Å²) in [5.41, 5.74) is 0. The van der Waals surface area contributed by atoms with Gasteiger partial charge in [-0.2, -0.15) is 0 Å². The Balaban J connectivity index is 2.07. The Labute approximate surface area is 97.3 Å². The molecule has 0 saturated heterocycles. The standard InChI is InChI=1S/C11H15BrOS/c12-9-6-7-14-11(9)10(13)8-4-2-1-3-5-8/h6-8,10,13H,1-5H2. The fourth-order valence-electron chi connectivity index (χ4n) is 2.18. The quantitative estimate of drug-likeness (QED) is 0.860. The molecule has 1 aliphatic carbocycles. The molecule has 1 saturated carbocycles. The van der Waals surface area contributed by atoms with Crippen molar-refractivity contribution in [3.63, 3.8) is 0 Å². The highest BCUT2D eigenvalue weighted by Crippen LogP contribution is 2.39. The minimum absolute atomic E-state index is 0.246. The molecule has 0 aromatic carbocycles. The third kappa shape index (κ3) is 2.20. The lowest BCUT2D eigenvalue weighted by Gasteiger charge is -2.26. The summed E-state index contributed by atoms with van der Waals surface area (Å²) in [7, 11) is 0. The van der Waals surface area contributed by atoms with Gasteiger partial charge in [0.2, 0.25) is 0 Å². The van der Waals surface area contributed by atoms with Gasteiger partial charge in [0, 0.05) is 9.35 Å². The summed E-state index contributed by atoms with van der Waals surface area (Å²) in [6.45, 7) is 0. The van der Waals surface area contributed by atoms with Crippen LogP contribution in [0.1, 0.15) is 43.1 Å². The van der Waals surface area contributed by atoms with Gasteiger partial charge in [-0.25, -0.2) is 0 Å². The summed E-state index contributed by atoms with van der Waals surface area (Å²) >= 11 is 5.14. The average Bonchev–Trinajstić information content (AvgIpc) is 2.65. The Bertz CT molecular complexity index is 291. The van der Waals surface area contributed by atoms with Gasteiger partial charge in [0.15, 0.2) is 0 Å². The lowest BCUT2D eigenvalue weighted by molar-refractivity contribution is 0.0874. The van der Waals surface area contributed by atoms with Gasteiger partial charge in [0.1, 0.15) is 0 Å². The van der Waals surface area contributed by atoms with Crippen molar-refractivity contribution in [1.29, 1.82) is 0 Å². The largest absolute Gasteiger partial charge is 0.387 e. The summed E-state index contributed by atoms with van der Waals surface area (Å²) < 4.78 is 1.07. The zero-order chi connectivity index (χ0) is 9.97. The van der Waals surface area contributed by atoms with Gasteiger partial charge in [0.05, 0.1) is 6.10 Å². The van der Waals surface area contributed by atoms with Crippen molar-refractivity contribution < 1.29 is 5.11 Å². The van der Waals surface area contributed by atoms with Crippen LogP contribution in [0.2, 0.25) is 0 Å². The zero-order valence-corrected chi connectivity index (χ0v) is 10.5. The molecule has 1 aromatic heterocycles. The lowest BCUT2D eigenvalue weighted by Crippen LogP contribution is -2.15. The van der Waals surface area contributed by atoms with Gasteiger partial charge in [0.25, 0.3) is 0 Å². The smallest absolute Gasteiger partial charge is 0.0921 e. The van der Waals surface area contributed by atoms with E-state index in [9.17, 15) is 5.11 Å². The SMILES string of the molecule is OC(c1sccc1Br)C1CCCCC1. The molecule has 1 aliphatic rings. The molecule has 1 heterocycles. The first-order valence-corrected chi connectivity index (χ1v) is 6.87. The fraction of sp³-hybridized carbons (Fsp3) is 0.636. The second-order valence-electron chi connectivity index (χ2n) is 3.98. The van der Waals surface area contributed by atoms with E-state index in [2.05, 4.69) is 15.9 Å². The van der Waals surface area contributed by atoms with Gasteiger partial charge in [-0.15, -0.1) is 11.3 Å². The van der Waals surface area contributed by atoms with E-state index in [0.29, 0.717) is 5.92 Å². The predicted octanol–water partition coefficient (Wildman–Crippen LogP) is 4.12. The fourth-order valence-corrected chi connectivity index (χ4v) is 3.87. The number of thiophene rings is 1. The lowest BCUT2D eigenvalue weighted by atomic mass is 9.85. The van der Waals surface area contributed by atoms with Crippen molar-refractivity contribution in [2.75, 3.05) is 0 Å². The first kappa shape index (κ1) is 10.7. The molecule has 14 heavy (non-hydrogen) atoms. The molecule has 1 fully saturated rings. The van der Waals surface area contributed by atoms with Crippen LogP contribution in [0.5, 0.6) is 0 Å². The van der Waals surface area contributed by atoms with Crippen LogP contribution in [0.25, 0.3) is 0 Å². The second-order valence-corrected chi connectivity index (χ2v) is 5.78. The first-order valence-electron chi connectivity index (χ1n) is 5.20. The minimum Gasteiger partial charge on any atom is -0.387 e. The zero-order valence-electron chi connectivity index (χ0n) is 8.08. The van der Waals surface area contributed by atoms with Crippen LogP contribution in [0.15, 0.2) is 15.9 Å². The Morgan fingerprint density at radius 3 is 2.64 bits per heavy atom. The molecule has 0 amide bonds. The maximum atomic E-state index is 10.2. The van der Waals surface area contributed by atoms with Crippen molar-refractivity contribution in [3.8, 4) is 0 Å². The monoisotopic (exact) mass is 274 g/mol. The van der Waals surface area contributed by atoms with Crippen molar-refractivity contribution in [2.45, 2.75) is 38.2 Å². The number of halogens is 1. The van der Waals surface area contributed by atoms with E-state index in [1.807, 2.05) is 11.4 Å². The minimum atomic E-state index is -0.246. The molecule has 0 bridgehead atoms. The van der Waals surface area contributed by atoms with Gasteiger partial charge < -0.3 is 5.11 Å². The van der Waals surface area contributed by atoms with Crippen molar-refractivity contribution >= 4 is 27.3 Å². The van der Waals surface area contributed by atoms with E-state index in [1.54, 1.807) is 11.3 Å². The van der Waals surface area contributed by atoms with Crippen LogP contribution < -0.4 is 0 Å². The molecule has 3 heteroatoms. The third-order valence-electron chi connectivity index (χ3n) is 3.01. The number of rotatable bonds is 2.